The van der Waals surface area contributed by atoms with Crippen molar-refractivity contribution in [3.05, 3.63) is 35.6 Å². The van der Waals surface area contributed by atoms with Gasteiger partial charge in [0.25, 0.3) is 5.91 Å². The molecule has 1 aromatic rings. The SMILES string of the molecule is Cn1cc(NC(=O)C2=C3N=C(N4CCN5CCC4C5)C=CN3NC2)c(C(F)(F)F)n1. The monoisotopic (exact) mass is 422 g/mol. The lowest BCUT2D eigenvalue weighted by atomic mass is 10.2. The van der Waals surface area contributed by atoms with Crippen LogP contribution in [0.25, 0.3) is 0 Å². The summed E-state index contributed by atoms with van der Waals surface area (Å²) in [5.41, 5.74) is 1.79. The number of alkyl halides is 3. The van der Waals surface area contributed by atoms with Crippen molar-refractivity contribution in [1.29, 1.82) is 0 Å². The minimum Gasteiger partial charge on any atom is -0.351 e. The largest absolute Gasteiger partial charge is 0.437 e. The van der Waals surface area contributed by atoms with Gasteiger partial charge in [0.15, 0.2) is 11.5 Å². The van der Waals surface area contributed by atoms with Crippen molar-refractivity contribution in [1.82, 2.24) is 30.0 Å². The molecule has 4 aliphatic heterocycles. The Kier molecular flexibility index (Phi) is 4.36. The maximum Gasteiger partial charge on any atom is 0.437 e. The molecule has 0 aromatic carbocycles. The van der Waals surface area contributed by atoms with Crippen molar-refractivity contribution >= 4 is 17.4 Å². The topological polar surface area (TPSA) is 81.0 Å². The first kappa shape index (κ1) is 19.1. The van der Waals surface area contributed by atoms with Gasteiger partial charge in [0.05, 0.1) is 11.3 Å². The first-order chi connectivity index (χ1) is 14.3. The molecule has 0 saturated carbocycles. The van der Waals surface area contributed by atoms with Crippen LogP contribution in [-0.4, -0.2) is 75.1 Å². The maximum atomic E-state index is 13.2. The number of halogens is 3. The number of nitrogens with one attached hydrogen (secondary N) is 2. The van der Waals surface area contributed by atoms with Gasteiger partial charge < -0.3 is 10.2 Å². The minimum absolute atomic E-state index is 0.168. The van der Waals surface area contributed by atoms with Crippen LogP contribution in [0.15, 0.2) is 34.9 Å². The van der Waals surface area contributed by atoms with Gasteiger partial charge in [-0.1, -0.05) is 0 Å². The van der Waals surface area contributed by atoms with Crippen molar-refractivity contribution in [3.63, 3.8) is 0 Å². The fourth-order valence-electron chi connectivity index (χ4n) is 4.33. The number of hydrazine groups is 1. The van der Waals surface area contributed by atoms with E-state index in [9.17, 15) is 18.0 Å². The summed E-state index contributed by atoms with van der Waals surface area (Å²) in [5.74, 6) is 0.546. The molecule has 5 rings (SSSR count). The van der Waals surface area contributed by atoms with Crippen LogP contribution in [0, 0.1) is 0 Å². The fourth-order valence-corrected chi connectivity index (χ4v) is 4.33. The Morgan fingerprint density at radius 2 is 2.13 bits per heavy atom. The zero-order chi connectivity index (χ0) is 21.0. The number of nitrogens with zero attached hydrogens (tertiary/aromatic N) is 6. The first-order valence-corrected chi connectivity index (χ1v) is 9.73. The van der Waals surface area contributed by atoms with Crippen molar-refractivity contribution < 1.29 is 18.0 Å². The molecular formula is C18H21F3N8O. The summed E-state index contributed by atoms with van der Waals surface area (Å²) >= 11 is 0. The molecule has 160 valence electrons. The molecule has 12 heteroatoms. The Bertz CT molecular complexity index is 979. The van der Waals surface area contributed by atoms with Crippen LogP contribution in [0.2, 0.25) is 0 Å². The molecule has 0 aliphatic carbocycles. The zero-order valence-corrected chi connectivity index (χ0v) is 16.3. The number of amides is 1. The van der Waals surface area contributed by atoms with Crippen LogP contribution in [0.1, 0.15) is 12.1 Å². The van der Waals surface area contributed by atoms with E-state index >= 15 is 0 Å². The molecule has 2 unspecified atom stereocenters. The van der Waals surface area contributed by atoms with Crippen molar-refractivity contribution in [3.8, 4) is 0 Å². The predicted molar refractivity (Wildman–Crippen MR) is 102 cm³/mol. The van der Waals surface area contributed by atoms with Crippen LogP contribution in [-0.2, 0) is 18.0 Å². The van der Waals surface area contributed by atoms with Gasteiger partial charge in [0, 0.05) is 58.2 Å². The van der Waals surface area contributed by atoms with Crippen LogP contribution < -0.4 is 10.7 Å². The first-order valence-electron chi connectivity index (χ1n) is 9.73. The number of anilines is 1. The summed E-state index contributed by atoms with van der Waals surface area (Å²) in [4.78, 5) is 22.2. The van der Waals surface area contributed by atoms with Crippen molar-refractivity contribution in [2.24, 2.45) is 12.0 Å². The zero-order valence-electron chi connectivity index (χ0n) is 16.3. The standard InChI is InChI=1S/C18H21F3N8O/c1-26-10-13(15(25-26)18(19,20)21)23-17(30)12-8-22-29-5-3-14(24-16(12)29)28-7-6-27-4-2-11(28)9-27/h3,5,10-11,22H,2,4,6-9H2,1H3,(H,23,30). The normalized spacial score (nSPS) is 25.7. The highest BCUT2D eigenvalue weighted by Crippen LogP contribution is 2.34. The van der Waals surface area contributed by atoms with Crippen LogP contribution in [0.3, 0.4) is 0 Å². The van der Waals surface area contributed by atoms with E-state index in [0.29, 0.717) is 11.9 Å². The minimum atomic E-state index is -4.66. The number of aliphatic imine (C=N–C) groups is 1. The van der Waals surface area contributed by atoms with Gasteiger partial charge in [-0.3, -0.25) is 19.4 Å². The lowest BCUT2D eigenvalue weighted by Gasteiger charge is -2.37. The molecule has 9 nitrogen and oxygen atoms in total. The molecule has 5 heterocycles. The van der Waals surface area contributed by atoms with E-state index in [1.54, 1.807) is 11.2 Å². The van der Waals surface area contributed by atoms with E-state index in [1.807, 2.05) is 6.08 Å². The Balaban J connectivity index is 1.41. The highest BCUT2D eigenvalue weighted by atomic mass is 19.4. The van der Waals surface area contributed by atoms with E-state index in [1.165, 1.54) is 7.05 Å². The molecule has 4 aliphatic rings. The van der Waals surface area contributed by atoms with E-state index in [-0.39, 0.29) is 17.8 Å². The van der Waals surface area contributed by atoms with Crippen molar-refractivity contribution in [2.45, 2.75) is 18.6 Å². The predicted octanol–water partition coefficient (Wildman–Crippen LogP) is 0.725. The Labute approximate surface area is 170 Å². The fraction of sp³-hybridized carbons (Fsp3) is 0.500. The average molecular weight is 422 g/mol. The third-order valence-electron chi connectivity index (χ3n) is 5.78. The molecule has 2 atom stereocenters. The summed E-state index contributed by atoms with van der Waals surface area (Å²) in [5, 5.41) is 7.40. The van der Waals surface area contributed by atoms with Gasteiger partial charge in [0.1, 0.15) is 5.84 Å². The van der Waals surface area contributed by atoms with Gasteiger partial charge in [0.2, 0.25) is 0 Å². The average Bonchev–Trinajstić information content (AvgIpc) is 3.38. The van der Waals surface area contributed by atoms with Gasteiger partial charge in [-0.25, -0.2) is 10.4 Å². The number of aromatic nitrogens is 2. The Hall–Kier alpha value is -2.86. The Morgan fingerprint density at radius 3 is 2.93 bits per heavy atom. The quantitative estimate of drug-likeness (QED) is 0.732. The molecular weight excluding hydrogens is 401 g/mol. The maximum absolute atomic E-state index is 13.2. The van der Waals surface area contributed by atoms with E-state index in [4.69, 9.17) is 0 Å². The molecule has 2 fully saturated rings. The molecule has 2 saturated heterocycles. The van der Waals surface area contributed by atoms with Gasteiger partial charge in [-0.05, 0) is 12.5 Å². The molecule has 30 heavy (non-hydrogen) atoms. The van der Waals surface area contributed by atoms with E-state index in [2.05, 4.69) is 30.6 Å². The van der Waals surface area contributed by atoms with Gasteiger partial charge in [-0.2, -0.15) is 18.3 Å². The van der Waals surface area contributed by atoms with Crippen LogP contribution in [0.4, 0.5) is 18.9 Å². The van der Waals surface area contributed by atoms with Gasteiger partial charge in [-0.15, -0.1) is 0 Å². The third-order valence-corrected chi connectivity index (χ3v) is 5.78. The lowest BCUT2D eigenvalue weighted by molar-refractivity contribution is -0.140. The highest BCUT2D eigenvalue weighted by Gasteiger charge is 2.39. The molecule has 2 bridgehead atoms. The van der Waals surface area contributed by atoms with Gasteiger partial charge >= 0.3 is 6.18 Å². The van der Waals surface area contributed by atoms with Crippen LogP contribution >= 0.6 is 0 Å². The molecule has 0 radical (unpaired) electrons. The third kappa shape index (κ3) is 3.25. The number of rotatable bonds is 2. The molecule has 1 aromatic heterocycles. The second-order valence-corrected chi connectivity index (χ2v) is 7.75. The highest BCUT2D eigenvalue weighted by molar-refractivity contribution is 6.06. The van der Waals surface area contributed by atoms with Crippen LogP contribution in [0.5, 0.6) is 0 Å². The summed E-state index contributed by atoms with van der Waals surface area (Å²) in [6.45, 7) is 4.08. The lowest BCUT2D eigenvalue weighted by Crippen LogP contribution is -2.49. The second-order valence-electron chi connectivity index (χ2n) is 7.75. The molecule has 2 N–H and O–H groups in total. The molecule has 0 spiro atoms. The van der Waals surface area contributed by atoms with Crippen molar-refractivity contribution in [2.75, 3.05) is 38.0 Å². The summed E-state index contributed by atoms with van der Waals surface area (Å²) in [7, 11) is 1.37. The molecule has 1 amide bonds. The summed E-state index contributed by atoms with van der Waals surface area (Å²) in [6.07, 6.45) is 1.24. The Morgan fingerprint density at radius 1 is 1.30 bits per heavy atom. The number of carbonyl (C=O) groups excluding carboxylic acids is 1. The number of aryl methyl sites for hydroxylation is 1. The summed E-state index contributed by atoms with van der Waals surface area (Å²) < 4.78 is 40.6. The smallest absolute Gasteiger partial charge is 0.351 e. The number of amidine groups is 1. The number of hydrogen-bond donors (Lipinski definition) is 2. The number of piperazine rings is 1. The second kappa shape index (κ2) is 6.84. The number of hydrogen-bond acceptors (Lipinski definition) is 7. The summed E-state index contributed by atoms with van der Waals surface area (Å²) in [6, 6.07) is 0.394. The van der Waals surface area contributed by atoms with E-state index in [0.717, 1.165) is 49.3 Å². The van der Waals surface area contributed by atoms with E-state index < -0.39 is 17.8 Å². The number of carbonyl (C=O) groups is 1. The number of fused-ring (bicyclic) bond motifs is 3.